The number of carbonyl (C=O) groups excluding carboxylic acids is 1. The molecule has 3 nitrogen and oxygen atoms in total. The van der Waals surface area contributed by atoms with E-state index >= 15 is 0 Å². The number of benzene rings is 1. The zero-order chi connectivity index (χ0) is 16.0. The molecule has 118 valence electrons. The largest absolute Gasteiger partial charge is 0.466 e. The Balaban J connectivity index is 2.86. The van der Waals surface area contributed by atoms with Crippen molar-refractivity contribution in [1.82, 2.24) is 0 Å². The Morgan fingerprint density at radius 2 is 2.10 bits per heavy atom. The molecule has 21 heavy (non-hydrogen) atoms. The van der Waals surface area contributed by atoms with Crippen LogP contribution in [-0.4, -0.2) is 18.8 Å². The quantitative estimate of drug-likeness (QED) is 0.482. The molecule has 0 amide bonds. The van der Waals surface area contributed by atoms with Gasteiger partial charge in [0.1, 0.15) is 0 Å². The van der Waals surface area contributed by atoms with E-state index in [2.05, 4.69) is 0 Å². The second-order valence-electron chi connectivity index (χ2n) is 4.65. The molecule has 0 bridgehead atoms. The highest BCUT2D eigenvalue weighted by Gasteiger charge is 2.42. The Hall–Kier alpha value is -1.43. The van der Waals surface area contributed by atoms with Crippen LogP contribution < -0.4 is 5.73 Å². The van der Waals surface area contributed by atoms with Crippen molar-refractivity contribution in [3.63, 3.8) is 0 Å². The fraction of sp³-hybridized carbons (Fsp3) is 0.500. The highest BCUT2D eigenvalue weighted by molar-refractivity contribution is 6.33. The van der Waals surface area contributed by atoms with Crippen molar-refractivity contribution in [3.05, 3.63) is 28.8 Å². The van der Waals surface area contributed by atoms with Crippen molar-refractivity contribution < 1.29 is 22.7 Å². The van der Waals surface area contributed by atoms with Gasteiger partial charge in [-0.1, -0.05) is 31.0 Å². The molecule has 0 aliphatic carbocycles. The molecule has 7 heteroatoms. The number of nitrogen functional groups attached to an aromatic ring is 1. The average molecular weight is 324 g/mol. The summed E-state index contributed by atoms with van der Waals surface area (Å²) < 4.78 is 44.1. The fourth-order valence-corrected chi connectivity index (χ4v) is 1.88. The minimum absolute atomic E-state index is 0.0442. The second kappa shape index (κ2) is 7.54. The Bertz CT molecular complexity index is 492. The van der Waals surface area contributed by atoms with E-state index in [4.69, 9.17) is 22.1 Å². The number of hydrogen-bond donors (Lipinski definition) is 1. The second-order valence-corrected chi connectivity index (χ2v) is 5.06. The predicted octanol–water partition coefficient (Wildman–Crippen LogP) is 4.30. The molecule has 0 spiro atoms. The van der Waals surface area contributed by atoms with Gasteiger partial charge in [0.2, 0.25) is 0 Å². The summed E-state index contributed by atoms with van der Waals surface area (Å²) in [6.45, 7) is 2.02. The number of ether oxygens (including phenoxy) is 1. The molecular weight excluding hydrogens is 307 g/mol. The van der Waals surface area contributed by atoms with Gasteiger partial charge in [-0.15, -0.1) is 0 Å². The number of halogens is 4. The van der Waals surface area contributed by atoms with E-state index in [0.29, 0.717) is 6.42 Å². The summed E-state index contributed by atoms with van der Waals surface area (Å²) in [6.07, 6.45) is -3.92. The summed E-state index contributed by atoms with van der Waals surface area (Å²) in [7, 11) is 0. The first-order chi connectivity index (χ1) is 9.75. The summed E-state index contributed by atoms with van der Waals surface area (Å²) in [6, 6.07) is 3.64. The number of carbonyl (C=O) groups is 1. The fourth-order valence-electron chi connectivity index (χ4n) is 1.76. The number of unbranched alkanes of at least 4 members (excludes halogenated alkanes) is 1. The average Bonchev–Trinajstić information content (AvgIpc) is 2.38. The van der Waals surface area contributed by atoms with Crippen LogP contribution in [0.1, 0.15) is 37.7 Å². The van der Waals surface area contributed by atoms with Gasteiger partial charge in [-0.3, -0.25) is 4.79 Å². The lowest BCUT2D eigenvalue weighted by atomic mass is 9.94. The van der Waals surface area contributed by atoms with Crippen molar-refractivity contribution in [2.45, 2.75) is 38.3 Å². The van der Waals surface area contributed by atoms with Crippen LogP contribution in [0.15, 0.2) is 18.2 Å². The van der Waals surface area contributed by atoms with Crippen molar-refractivity contribution in [3.8, 4) is 0 Å². The monoisotopic (exact) mass is 323 g/mol. The number of nitrogens with two attached hydrogens (primary N) is 1. The van der Waals surface area contributed by atoms with Gasteiger partial charge >= 0.3 is 12.1 Å². The lowest BCUT2D eigenvalue weighted by Crippen LogP contribution is -2.25. The van der Waals surface area contributed by atoms with E-state index < -0.39 is 24.5 Å². The van der Waals surface area contributed by atoms with Crippen LogP contribution in [0.4, 0.5) is 18.9 Å². The van der Waals surface area contributed by atoms with Gasteiger partial charge in [-0.2, -0.15) is 13.2 Å². The molecule has 0 heterocycles. The van der Waals surface area contributed by atoms with Crippen LogP contribution in [0.3, 0.4) is 0 Å². The summed E-state index contributed by atoms with van der Waals surface area (Å²) in [5, 5.41) is 0.171. The normalized spacial score (nSPS) is 13.0. The topological polar surface area (TPSA) is 52.3 Å². The molecule has 0 saturated carbocycles. The Labute approximate surface area is 126 Å². The Morgan fingerprint density at radius 3 is 2.62 bits per heavy atom. The molecule has 0 aromatic heterocycles. The molecule has 1 aromatic carbocycles. The van der Waals surface area contributed by atoms with E-state index in [-0.39, 0.29) is 22.9 Å². The van der Waals surface area contributed by atoms with Crippen molar-refractivity contribution >= 4 is 23.3 Å². The Kier molecular flexibility index (Phi) is 6.33. The molecule has 0 fully saturated rings. The summed E-state index contributed by atoms with van der Waals surface area (Å²) in [4.78, 5) is 11.5. The summed E-state index contributed by atoms with van der Waals surface area (Å²) in [5.74, 6) is -2.83. The SMILES string of the molecule is CCCCOC(=O)C[C@H](c1ccc(Cl)c(N)c1)C(F)(F)F. The predicted molar refractivity (Wildman–Crippen MR) is 75.1 cm³/mol. The van der Waals surface area contributed by atoms with Crippen LogP contribution >= 0.6 is 11.6 Å². The first-order valence-corrected chi connectivity index (χ1v) is 6.90. The van der Waals surface area contributed by atoms with Crippen molar-refractivity contribution in [1.29, 1.82) is 0 Å². The van der Waals surface area contributed by atoms with Gasteiger partial charge in [0.15, 0.2) is 0 Å². The zero-order valence-electron chi connectivity index (χ0n) is 11.5. The number of esters is 1. The number of rotatable bonds is 6. The molecule has 1 aromatic rings. The van der Waals surface area contributed by atoms with Crippen LogP contribution in [0.25, 0.3) is 0 Å². The molecule has 1 atom stereocenters. The van der Waals surface area contributed by atoms with Crippen LogP contribution in [0, 0.1) is 0 Å². The first-order valence-electron chi connectivity index (χ1n) is 6.53. The summed E-state index contributed by atoms with van der Waals surface area (Å²) in [5.41, 5.74) is 5.46. The highest BCUT2D eigenvalue weighted by atomic mass is 35.5. The van der Waals surface area contributed by atoms with Gasteiger partial charge in [-0.25, -0.2) is 0 Å². The maximum atomic E-state index is 13.1. The van der Waals surface area contributed by atoms with Crippen LogP contribution in [0.5, 0.6) is 0 Å². The molecule has 0 saturated heterocycles. The third-order valence-corrected chi connectivity index (χ3v) is 3.29. The minimum atomic E-state index is -4.57. The van der Waals surface area contributed by atoms with E-state index in [1.54, 1.807) is 0 Å². The summed E-state index contributed by atoms with van der Waals surface area (Å²) >= 11 is 5.69. The molecule has 1 rings (SSSR count). The Morgan fingerprint density at radius 1 is 1.43 bits per heavy atom. The third kappa shape index (κ3) is 5.46. The highest BCUT2D eigenvalue weighted by Crippen LogP contribution is 2.39. The molecule has 2 N–H and O–H groups in total. The smallest absolute Gasteiger partial charge is 0.396 e. The van der Waals surface area contributed by atoms with Gasteiger partial charge in [0.05, 0.1) is 29.7 Å². The lowest BCUT2D eigenvalue weighted by molar-refractivity contribution is -0.166. The first kappa shape index (κ1) is 17.6. The van der Waals surface area contributed by atoms with Crippen LogP contribution in [0.2, 0.25) is 5.02 Å². The number of anilines is 1. The van der Waals surface area contributed by atoms with Gasteiger partial charge in [0.25, 0.3) is 0 Å². The minimum Gasteiger partial charge on any atom is -0.466 e. The molecular formula is C14H17ClF3NO2. The van der Waals surface area contributed by atoms with Crippen molar-refractivity contribution in [2.24, 2.45) is 0 Å². The lowest BCUT2D eigenvalue weighted by Gasteiger charge is -2.20. The number of alkyl halides is 3. The maximum absolute atomic E-state index is 13.1. The molecule has 0 unspecified atom stereocenters. The molecule has 0 aliphatic heterocycles. The standard InChI is InChI=1S/C14H17ClF3NO2/c1-2-3-6-21-13(20)8-10(14(16,17)18)9-4-5-11(15)12(19)7-9/h4-5,7,10H,2-3,6,8,19H2,1H3/t10-/m1/s1. The maximum Gasteiger partial charge on any atom is 0.396 e. The van der Waals surface area contributed by atoms with E-state index in [9.17, 15) is 18.0 Å². The number of hydrogen-bond acceptors (Lipinski definition) is 3. The zero-order valence-corrected chi connectivity index (χ0v) is 12.3. The van der Waals surface area contributed by atoms with Gasteiger partial charge < -0.3 is 10.5 Å². The molecule has 0 radical (unpaired) electrons. The van der Waals surface area contributed by atoms with Gasteiger partial charge in [0, 0.05) is 0 Å². The van der Waals surface area contributed by atoms with E-state index in [0.717, 1.165) is 12.5 Å². The van der Waals surface area contributed by atoms with E-state index in [1.165, 1.54) is 12.1 Å². The third-order valence-electron chi connectivity index (χ3n) is 2.95. The van der Waals surface area contributed by atoms with Gasteiger partial charge in [-0.05, 0) is 24.1 Å². The molecule has 0 aliphatic rings. The van der Waals surface area contributed by atoms with E-state index in [1.807, 2.05) is 6.92 Å². The van der Waals surface area contributed by atoms with Crippen molar-refractivity contribution in [2.75, 3.05) is 12.3 Å². The van der Waals surface area contributed by atoms with Crippen LogP contribution in [-0.2, 0) is 9.53 Å².